The Hall–Kier alpha value is -1.18. The van der Waals surface area contributed by atoms with Gasteiger partial charge in [-0.15, -0.1) is 0 Å². The summed E-state index contributed by atoms with van der Waals surface area (Å²) in [4.78, 5) is 4.31. The summed E-state index contributed by atoms with van der Waals surface area (Å²) in [5, 5.41) is 9.78. The van der Waals surface area contributed by atoms with Crippen molar-refractivity contribution in [3.63, 3.8) is 0 Å². The third kappa shape index (κ3) is 3.84. The van der Waals surface area contributed by atoms with Gasteiger partial charge < -0.3 is 0 Å². The molecule has 0 aromatic carbocycles. The zero-order chi connectivity index (χ0) is 17.0. The summed E-state index contributed by atoms with van der Waals surface area (Å²) in [7, 11) is -3.52. The monoisotopic (exact) mass is 388 g/mol. The largest absolute Gasteiger partial charge is 0.248 e. The highest BCUT2D eigenvalue weighted by molar-refractivity contribution is 8.01. The van der Waals surface area contributed by atoms with Crippen LogP contribution in [-0.4, -0.2) is 35.2 Å². The summed E-state index contributed by atoms with van der Waals surface area (Å²) in [6.45, 7) is 4.38. The number of nitrogens with zero attached hydrogens (tertiary/aromatic N) is 4. The van der Waals surface area contributed by atoms with Crippen molar-refractivity contribution >= 4 is 44.9 Å². The van der Waals surface area contributed by atoms with Crippen molar-refractivity contribution in [2.75, 3.05) is 13.1 Å². The molecule has 10 heteroatoms. The van der Waals surface area contributed by atoms with Crippen LogP contribution in [0.4, 0.5) is 0 Å². The van der Waals surface area contributed by atoms with Crippen molar-refractivity contribution in [1.29, 1.82) is 5.26 Å². The molecule has 0 atom stereocenters. The van der Waals surface area contributed by atoms with E-state index >= 15 is 0 Å². The van der Waals surface area contributed by atoms with E-state index in [1.54, 1.807) is 19.9 Å². The first-order chi connectivity index (χ1) is 10.9. The number of hydrogen-bond acceptors (Lipinski definition) is 7. The van der Waals surface area contributed by atoms with E-state index < -0.39 is 10.0 Å². The van der Waals surface area contributed by atoms with Crippen molar-refractivity contribution in [2.45, 2.75) is 28.0 Å². The van der Waals surface area contributed by atoms with Gasteiger partial charge in [0, 0.05) is 19.3 Å². The van der Waals surface area contributed by atoms with Gasteiger partial charge >= 0.3 is 0 Å². The highest BCUT2D eigenvalue weighted by Crippen LogP contribution is 2.35. The van der Waals surface area contributed by atoms with E-state index in [0.29, 0.717) is 27.9 Å². The minimum Gasteiger partial charge on any atom is -0.248 e. The SMILES string of the molecule is CCN(CC)S(=O)(=O)c1ccc(Sc2snc(Cl)c2C#N)nc1. The molecule has 0 radical (unpaired) electrons. The Labute approximate surface area is 148 Å². The van der Waals surface area contributed by atoms with E-state index in [0.717, 1.165) is 11.5 Å². The van der Waals surface area contributed by atoms with E-state index in [4.69, 9.17) is 16.9 Å². The summed E-state index contributed by atoms with van der Waals surface area (Å²) in [6, 6.07) is 5.11. The predicted molar refractivity (Wildman–Crippen MR) is 90.3 cm³/mol. The van der Waals surface area contributed by atoms with E-state index in [9.17, 15) is 8.42 Å². The number of nitriles is 1. The minimum atomic E-state index is -3.52. The molecule has 0 bridgehead atoms. The van der Waals surface area contributed by atoms with Crippen LogP contribution >= 0.6 is 34.9 Å². The summed E-state index contributed by atoms with van der Waals surface area (Å²) in [6.07, 6.45) is 1.32. The lowest BCUT2D eigenvalue weighted by atomic mass is 10.4. The van der Waals surface area contributed by atoms with E-state index in [2.05, 4.69) is 9.36 Å². The Kier molecular flexibility index (Phi) is 6.00. The fraction of sp³-hybridized carbons (Fsp3) is 0.308. The van der Waals surface area contributed by atoms with Crippen LogP contribution in [0.3, 0.4) is 0 Å². The van der Waals surface area contributed by atoms with E-state index in [1.807, 2.05) is 6.07 Å². The molecule has 2 heterocycles. The average molecular weight is 389 g/mol. The molecule has 122 valence electrons. The Morgan fingerprint density at radius 3 is 2.61 bits per heavy atom. The second-order valence-electron chi connectivity index (χ2n) is 4.27. The Balaban J connectivity index is 2.25. The highest BCUT2D eigenvalue weighted by atomic mass is 35.5. The Morgan fingerprint density at radius 1 is 1.39 bits per heavy atom. The number of hydrogen-bond donors (Lipinski definition) is 0. The minimum absolute atomic E-state index is 0.147. The number of halogens is 1. The van der Waals surface area contributed by atoms with Crippen molar-refractivity contribution < 1.29 is 8.42 Å². The predicted octanol–water partition coefficient (Wildman–Crippen LogP) is 3.24. The lowest BCUT2D eigenvalue weighted by Gasteiger charge is -2.18. The second kappa shape index (κ2) is 7.59. The topological polar surface area (TPSA) is 87.0 Å². The fourth-order valence-corrected chi connectivity index (χ4v) is 5.24. The normalized spacial score (nSPS) is 11.6. The van der Waals surface area contributed by atoms with Gasteiger partial charge in [-0.2, -0.15) is 13.9 Å². The molecule has 0 aliphatic heterocycles. The molecule has 0 saturated carbocycles. The summed E-state index contributed by atoms with van der Waals surface area (Å²) >= 11 is 8.16. The molecule has 0 amide bonds. The van der Waals surface area contributed by atoms with E-state index in [1.165, 1.54) is 28.3 Å². The molecule has 0 fully saturated rings. The lowest BCUT2D eigenvalue weighted by molar-refractivity contribution is 0.445. The van der Waals surface area contributed by atoms with Crippen molar-refractivity contribution in [1.82, 2.24) is 13.7 Å². The molecule has 0 spiro atoms. The van der Waals surface area contributed by atoms with Crippen molar-refractivity contribution in [3.05, 3.63) is 29.0 Å². The number of rotatable bonds is 6. The standard InChI is InChI=1S/C13H13ClN4O2S3/c1-3-18(4-2)23(19,20)9-5-6-11(16-8-9)21-13-10(7-15)12(14)17-22-13/h5-6,8H,3-4H2,1-2H3. The van der Waals surface area contributed by atoms with Crippen LogP contribution < -0.4 is 0 Å². The summed E-state index contributed by atoms with van der Waals surface area (Å²) in [5.41, 5.74) is 0.309. The van der Waals surface area contributed by atoms with Gasteiger partial charge in [0.05, 0.1) is 0 Å². The Bertz CT molecular complexity index is 824. The molecule has 0 aliphatic rings. The molecule has 0 unspecified atom stereocenters. The molecular weight excluding hydrogens is 376 g/mol. The smallest absolute Gasteiger partial charge is 0.244 e. The molecule has 6 nitrogen and oxygen atoms in total. The van der Waals surface area contributed by atoms with Crippen molar-refractivity contribution in [3.8, 4) is 6.07 Å². The molecule has 2 aromatic heterocycles. The molecule has 2 aromatic rings. The number of aromatic nitrogens is 2. The fourth-order valence-electron chi connectivity index (χ4n) is 1.81. The van der Waals surface area contributed by atoms with Crippen LogP contribution in [0, 0.1) is 11.3 Å². The van der Waals surface area contributed by atoms with Gasteiger partial charge in [0.15, 0.2) is 5.15 Å². The van der Waals surface area contributed by atoms with E-state index in [-0.39, 0.29) is 10.0 Å². The quantitative estimate of drug-likeness (QED) is 0.754. The molecule has 0 aliphatic carbocycles. The number of pyridine rings is 1. The van der Waals surface area contributed by atoms with Gasteiger partial charge in [-0.1, -0.05) is 37.2 Å². The first-order valence-electron chi connectivity index (χ1n) is 6.63. The molecule has 0 saturated heterocycles. The maximum absolute atomic E-state index is 12.4. The van der Waals surface area contributed by atoms with Gasteiger partial charge in [0.2, 0.25) is 10.0 Å². The molecular formula is C13H13ClN4O2S3. The average Bonchev–Trinajstić information content (AvgIpc) is 2.88. The highest BCUT2D eigenvalue weighted by Gasteiger charge is 2.22. The lowest BCUT2D eigenvalue weighted by Crippen LogP contribution is -2.30. The van der Waals surface area contributed by atoms with Gasteiger partial charge in [-0.25, -0.2) is 13.4 Å². The van der Waals surface area contributed by atoms with Crippen LogP contribution in [0.1, 0.15) is 19.4 Å². The molecule has 0 N–H and O–H groups in total. The van der Waals surface area contributed by atoms with Gasteiger partial charge in [0.25, 0.3) is 0 Å². The number of sulfonamides is 1. The van der Waals surface area contributed by atoms with Gasteiger partial charge in [-0.3, -0.25) is 0 Å². The van der Waals surface area contributed by atoms with Gasteiger partial charge in [0.1, 0.15) is 25.8 Å². The van der Waals surface area contributed by atoms with Crippen molar-refractivity contribution in [2.24, 2.45) is 0 Å². The summed E-state index contributed by atoms with van der Waals surface area (Å²) in [5.74, 6) is 0. The zero-order valence-corrected chi connectivity index (χ0v) is 15.6. The van der Waals surface area contributed by atoms with Crippen LogP contribution in [0.5, 0.6) is 0 Å². The molecule has 23 heavy (non-hydrogen) atoms. The van der Waals surface area contributed by atoms with Crippen LogP contribution in [0.25, 0.3) is 0 Å². The summed E-state index contributed by atoms with van der Waals surface area (Å²) < 4.78 is 30.7. The van der Waals surface area contributed by atoms with Crippen LogP contribution in [-0.2, 0) is 10.0 Å². The second-order valence-corrected chi connectivity index (χ2v) is 8.63. The maximum atomic E-state index is 12.4. The van der Waals surface area contributed by atoms with Crippen LogP contribution in [0.2, 0.25) is 5.15 Å². The third-order valence-electron chi connectivity index (χ3n) is 2.98. The maximum Gasteiger partial charge on any atom is 0.244 e. The van der Waals surface area contributed by atoms with Crippen LogP contribution in [0.15, 0.2) is 32.5 Å². The van der Waals surface area contributed by atoms with Gasteiger partial charge in [-0.05, 0) is 23.7 Å². The Morgan fingerprint density at radius 2 is 2.09 bits per heavy atom. The first kappa shape index (κ1) is 18.2. The molecule has 2 rings (SSSR count). The third-order valence-corrected chi connectivity index (χ3v) is 7.35. The first-order valence-corrected chi connectivity index (χ1v) is 10.0. The zero-order valence-electron chi connectivity index (χ0n) is 12.4.